The molecule has 0 bridgehead atoms. The third-order valence-electron chi connectivity index (χ3n) is 17.3. The Hall–Kier alpha value is -7.10. The number of aromatic hydroxyl groups is 1. The second-order valence-electron chi connectivity index (χ2n) is 38.8. The maximum atomic E-state index is 11.3. The average Bonchev–Trinajstić information content (AvgIpc) is 1.78. The van der Waals surface area contributed by atoms with E-state index < -0.39 is 92.3 Å². The second-order valence-corrected chi connectivity index (χ2v) is 57.0. The fourth-order valence-electron chi connectivity index (χ4n) is 5.20. The quantitative estimate of drug-likeness (QED) is 0.0363. The summed E-state index contributed by atoms with van der Waals surface area (Å²) in [4.78, 5) is 120. The molecule has 800 valence electrons. The van der Waals surface area contributed by atoms with Gasteiger partial charge < -0.3 is 43.8 Å². The van der Waals surface area contributed by atoms with Crippen LogP contribution in [0.3, 0.4) is 0 Å². The lowest BCUT2D eigenvalue weighted by Crippen LogP contribution is -2.41. The number of nitrogens with zero attached hydrogens (tertiary/aromatic N) is 7. The van der Waals surface area contributed by atoms with Crippen LogP contribution in [0.1, 0.15) is 297 Å². The topological polar surface area (TPSA) is 601 Å². The molecule has 38 nitrogen and oxygen atoms in total. The van der Waals surface area contributed by atoms with Crippen molar-refractivity contribution in [1.82, 2.24) is 29.2 Å². The van der Waals surface area contributed by atoms with Crippen molar-refractivity contribution in [2.45, 2.75) is 320 Å². The van der Waals surface area contributed by atoms with Gasteiger partial charge in [0.1, 0.15) is 80.4 Å². The Bertz CT molecular complexity index is 4780. The number of carbonyl (C=O) groups is 7. The van der Waals surface area contributed by atoms with Crippen LogP contribution < -0.4 is 25.6 Å². The summed E-state index contributed by atoms with van der Waals surface area (Å²) in [6.45, 7) is 75.6. The number of Topliss-reactive ketones (excluding diaryl/α,β-unsaturated/α-hetero) is 4. The van der Waals surface area contributed by atoms with Crippen molar-refractivity contribution in [2.24, 2.45) is 66.7 Å². The highest BCUT2D eigenvalue weighted by Gasteiger charge is 2.27. The van der Waals surface area contributed by atoms with E-state index in [1.165, 1.54) is 52.8 Å². The predicted octanol–water partition coefficient (Wildman–Crippen LogP) is 13.6. The number of rotatable bonds is 22. The van der Waals surface area contributed by atoms with Gasteiger partial charge in [-0.2, -0.15) is 18.0 Å². The number of aliphatic hydroxyl groups excluding tert-OH is 2. The van der Waals surface area contributed by atoms with Crippen molar-refractivity contribution in [3.63, 3.8) is 0 Å². The predicted molar refractivity (Wildman–Crippen MR) is 551 cm³/mol. The summed E-state index contributed by atoms with van der Waals surface area (Å²) in [6.07, 6.45) is 7.98. The minimum Gasteiger partial charge on any atom is -0.504 e. The summed E-state index contributed by atoms with van der Waals surface area (Å²) in [5.74, 6) is 2.68. The van der Waals surface area contributed by atoms with Gasteiger partial charge >= 0.3 is 10.2 Å². The maximum absolute atomic E-state index is 11.3. The van der Waals surface area contributed by atoms with Crippen molar-refractivity contribution in [3.05, 3.63) is 61.9 Å². The molecule has 5 rings (SSSR count). The number of ether oxygens (including phenoxy) is 1. The molecule has 0 aliphatic carbocycles. The van der Waals surface area contributed by atoms with Gasteiger partial charge in [-0.15, -0.1) is 0 Å². The Morgan fingerprint density at radius 2 is 1.02 bits per heavy atom. The van der Waals surface area contributed by atoms with Gasteiger partial charge in [0.2, 0.25) is 39.1 Å². The molecule has 0 spiro atoms. The van der Waals surface area contributed by atoms with Crippen LogP contribution in [0.25, 0.3) is 0 Å². The molecule has 136 heavy (non-hydrogen) atoms. The Kier molecular flexibility index (Phi) is 81.5. The number of aliphatic imine (C=N–C) groups is 3. The van der Waals surface area contributed by atoms with Crippen LogP contribution in [-0.2, 0) is 103 Å². The van der Waals surface area contributed by atoms with Crippen LogP contribution in [0.4, 0.5) is 0 Å². The first-order valence-electron chi connectivity index (χ1n) is 44.1. The molecule has 0 saturated heterocycles. The van der Waals surface area contributed by atoms with Crippen LogP contribution in [0.2, 0.25) is 0 Å². The molecule has 7 N–H and O–H groups in total. The number of nitrogens with one attached hydrogen (secondary N) is 3. The molecule has 2 unspecified atom stereocenters. The highest BCUT2D eigenvalue weighted by Crippen LogP contribution is 2.41. The molecular formula is C91H178N10O28P2S5. The van der Waals surface area contributed by atoms with E-state index in [2.05, 4.69) is 69.8 Å². The molecule has 0 fully saturated rings. The molecular weight excluding hydrogens is 1900 g/mol. The Labute approximate surface area is 818 Å². The van der Waals surface area contributed by atoms with Gasteiger partial charge in [0, 0.05) is 116 Å². The smallest absolute Gasteiger partial charge is 0.303 e. The molecule has 3 amide bonds. The summed E-state index contributed by atoms with van der Waals surface area (Å²) in [5, 5.41) is 39.3. The highest BCUT2D eigenvalue weighted by molar-refractivity contribution is 7.91. The van der Waals surface area contributed by atoms with Gasteiger partial charge in [-0.25, -0.2) is 48.4 Å². The summed E-state index contributed by atoms with van der Waals surface area (Å²) in [6, 6.07) is 3.76. The van der Waals surface area contributed by atoms with Gasteiger partial charge in [0.15, 0.2) is 34.5 Å². The number of amidine groups is 2. The third kappa shape index (κ3) is 89.5. The van der Waals surface area contributed by atoms with Gasteiger partial charge in [-0.05, 0) is 87.5 Å². The van der Waals surface area contributed by atoms with Crippen molar-refractivity contribution >= 4 is 123 Å². The van der Waals surface area contributed by atoms with Crippen molar-refractivity contribution in [3.8, 4) is 11.8 Å². The van der Waals surface area contributed by atoms with Crippen molar-refractivity contribution in [1.29, 1.82) is 5.26 Å². The fourth-order valence-corrected chi connectivity index (χ4v) is 7.33. The molecule has 1 aromatic carbocycles. The molecule has 2 atom stereocenters. The number of aromatic nitrogens is 2. The normalized spacial score (nSPS) is 12.9. The lowest BCUT2D eigenvalue weighted by molar-refractivity contribution is -0.127. The van der Waals surface area contributed by atoms with Gasteiger partial charge in [0.25, 0.3) is 5.43 Å². The number of hydrogen-bond donors (Lipinski definition) is 7. The van der Waals surface area contributed by atoms with Crippen molar-refractivity contribution in [2.75, 3.05) is 86.3 Å². The molecule has 4 heterocycles. The molecule has 0 saturated carbocycles. The summed E-state index contributed by atoms with van der Waals surface area (Å²) in [7, 11) is -15.8. The monoisotopic (exact) mass is 2080 g/mol. The van der Waals surface area contributed by atoms with E-state index in [4.69, 9.17) is 34.4 Å². The van der Waals surface area contributed by atoms with Crippen molar-refractivity contribution < 1.29 is 119 Å². The van der Waals surface area contributed by atoms with Crippen LogP contribution in [0.15, 0.2) is 52.0 Å². The van der Waals surface area contributed by atoms with Crippen LogP contribution in [0.5, 0.6) is 5.75 Å². The number of aryl methyl sites for hydroxylation is 1. The Balaban J connectivity index is -0.000000137. The number of sulfonamides is 1. The van der Waals surface area contributed by atoms with E-state index in [0.717, 1.165) is 40.2 Å². The number of carbonyl (C=O) groups excluding carboxylic acids is 7. The van der Waals surface area contributed by atoms with Gasteiger partial charge in [-0.1, -0.05) is 206 Å². The van der Waals surface area contributed by atoms with E-state index in [0.29, 0.717) is 24.0 Å². The molecule has 2 aromatic heterocycles. The van der Waals surface area contributed by atoms with E-state index in [1.807, 2.05) is 118 Å². The SMILES string of the molecule is CC(=O)C(C)C.CC(C)(C)C(=O)NS(C)(=O)=O.CC(C)(C)C1=NCC(=O)N1.CC(C)(C)C1=NCC=N1.CC(C)C(=O)CC#N.CC(C)C(=O)CO.CC(C)C(=O)NS(=O)(=O)N(C)C.CC(C)C(C)O.CC(C)P(C)(=O)O.CC(C)P(C)(C)=O.CC(C)S(=O)(=O)Cc1ncco1.CC(C)S(C)(=O)=O.CC(C)S(C)(=O)=O.CC(C)c1c(O)c(=O)c1=O.COCC(=O)C(C)C.Cc1cc(C(C)C)on1. The van der Waals surface area contributed by atoms with Crippen LogP contribution >= 0.6 is 14.5 Å². The third-order valence-corrected chi connectivity index (χ3v) is 29.2. The number of sulfone groups is 3. The van der Waals surface area contributed by atoms with E-state index in [1.54, 1.807) is 151 Å². The zero-order valence-electron chi connectivity index (χ0n) is 90.8. The van der Waals surface area contributed by atoms with E-state index >= 15 is 0 Å². The molecule has 2 aliphatic heterocycles. The van der Waals surface area contributed by atoms with Gasteiger partial charge in [0.05, 0.1) is 71.7 Å². The summed E-state index contributed by atoms with van der Waals surface area (Å²) in [5.41, 5.74) is -0.345. The number of aliphatic hydroxyl groups is 2. The average molecular weight is 2080 g/mol. The lowest BCUT2D eigenvalue weighted by atomic mass is 9.95. The highest BCUT2D eigenvalue weighted by atomic mass is 32.2. The number of amides is 3. The Morgan fingerprint density at radius 3 is 1.16 bits per heavy atom. The van der Waals surface area contributed by atoms with E-state index in [-0.39, 0.29) is 145 Å². The van der Waals surface area contributed by atoms with Gasteiger partial charge in [-0.3, -0.25) is 62.4 Å². The van der Waals surface area contributed by atoms with E-state index in [9.17, 15) is 94.4 Å². The van der Waals surface area contributed by atoms with Crippen LogP contribution in [-0.4, -0.2) is 255 Å². The molecule has 0 radical (unpaired) electrons. The minimum absolute atomic E-state index is 0.00456. The van der Waals surface area contributed by atoms with Crippen LogP contribution in [0, 0.1) is 70.0 Å². The molecule has 3 aromatic rings. The first-order valence-corrected chi connectivity index (χ1v) is 57.9. The zero-order chi connectivity index (χ0) is 111. The molecule has 2 aliphatic rings. The lowest BCUT2D eigenvalue weighted by Gasteiger charge is -2.17. The second kappa shape index (κ2) is 73.1. The first kappa shape index (κ1) is 152. The first-order chi connectivity index (χ1) is 60.4. The maximum Gasteiger partial charge on any atom is 0.303 e. The number of hydrogen-bond acceptors (Lipinski definition) is 33. The largest absolute Gasteiger partial charge is 0.504 e. The number of ketones is 4. The summed E-state index contributed by atoms with van der Waals surface area (Å²) < 4.78 is 148. The zero-order valence-corrected chi connectivity index (χ0v) is 96.7. The molecule has 45 heteroatoms. The summed E-state index contributed by atoms with van der Waals surface area (Å²) >= 11 is 0. The fraction of sp³-hybridized carbons (Fsp3) is 0.769. The number of oxazole rings is 1. The number of nitriles is 1. The Morgan fingerprint density at radius 1 is 0.625 bits per heavy atom. The standard InChI is InChI=1S/C7H12N2O.C7H12N2.C7H11NO3S.C7H11NO.C7H8O3.C6H14N2O3S.C6H13NO3S.C6H9NO.C6H12O2.C5H10O2.C5H13OP.C5H12O.C5H10O.C4H11O2P.2C4H10O2S/c1-7(2,3)6-8-4-5(10)9-6;1-7(2,3)6-8-4-5-9-6;1-6(2)12(9,10)5-7-8-3-4-11-7;1-5(2)7-4-6(3)8-9-7;1-3(2)4-5(8)7(10)6(4)9;1-5(2)6(9)7-12(10,11)8(3)4;1-6(2,3)5(8)7-11(4,9)10;1-5(2)6(8)3-4-7;1-5(2)6(7)4-8-3;1-4(2)5(7)3-6;1-5(2)7(3,4)6;2*1-4(2)5(3)6;3*1-4(2)7(3,5)6/h4H2,1-3H3,(H,8,9,10);4H,5H2,1-3H3;3-4,6H,5H2,1-2H3;4-5H,1-3H3;3,8H,1-2H3;5H,1-4H3,(H,7,9);1-4H3,(H,7,8);5H,3H2,1-2H3;5H,4H2,1-3H3;4,6H,3H2,1-2H3;5H,1-4H3;4-6H,1-3H3;4H,1-3H3;4H,1-3H3,(H,5,6);2*4H,1-3H3. The minimum atomic E-state index is -3.61. The number of methoxy groups -OCH3 is 1.